The molecule has 33 heavy (non-hydrogen) atoms. The van der Waals surface area contributed by atoms with Gasteiger partial charge in [-0.3, -0.25) is 0 Å². The molecule has 1 aromatic rings. The van der Waals surface area contributed by atoms with Crippen LogP contribution in [-0.4, -0.2) is 25.8 Å². The molecule has 0 aliphatic rings. The van der Waals surface area contributed by atoms with Crippen molar-refractivity contribution < 1.29 is 69.9 Å². The van der Waals surface area contributed by atoms with Gasteiger partial charge in [-0.25, -0.2) is 8.42 Å². The van der Waals surface area contributed by atoms with Gasteiger partial charge in [-0.2, -0.15) is 4.31 Å². The van der Waals surface area contributed by atoms with Crippen LogP contribution in [0.2, 0.25) is 0 Å². The first-order valence-corrected chi connectivity index (χ1v) is 8.76. The minimum atomic E-state index is -3.47. The van der Waals surface area contributed by atoms with Crippen molar-refractivity contribution in [2.24, 2.45) is 0 Å². The van der Waals surface area contributed by atoms with E-state index >= 15 is 0 Å². The minimum absolute atomic E-state index is 0. The Hall–Kier alpha value is -2.12. The molecule has 0 unspecified atom stereocenters. The molecule has 0 bridgehead atoms. The van der Waals surface area contributed by atoms with E-state index in [1.165, 1.54) is 4.31 Å². The number of hydrogen-bond acceptors (Lipinski definition) is 2. The van der Waals surface area contributed by atoms with E-state index in [4.69, 9.17) is 27.9 Å². The van der Waals surface area contributed by atoms with Gasteiger partial charge in [0.1, 0.15) is 0 Å². The number of nitrogens with zero attached hydrogens (tertiary/aromatic N) is 1. The van der Waals surface area contributed by atoms with Gasteiger partial charge in [0.2, 0.25) is 10.0 Å². The summed E-state index contributed by atoms with van der Waals surface area (Å²) in [6.45, 7) is 34.9. The van der Waals surface area contributed by atoms with E-state index in [1.807, 2.05) is 6.92 Å². The second kappa shape index (κ2) is 47.6. The Morgan fingerprint density at radius 1 is 0.879 bits per heavy atom. The molecule has 0 aliphatic carbocycles. The van der Waals surface area contributed by atoms with Crippen LogP contribution in [0.1, 0.15) is 18.9 Å². The van der Waals surface area contributed by atoms with Crippen molar-refractivity contribution in [1.29, 1.82) is 0 Å². The molecule has 0 aromatic heterocycles. The largest absolute Gasteiger partial charge is 0 e. The summed E-state index contributed by atoms with van der Waals surface area (Å²) in [5.74, 6) is 5.65. The number of sulfonamides is 1. The molecule has 0 heterocycles. The van der Waals surface area contributed by atoms with Crippen LogP contribution in [0.15, 0.2) is 41.8 Å². The van der Waals surface area contributed by atoms with E-state index in [1.54, 1.807) is 37.3 Å². The molecule has 0 saturated heterocycles. The third-order valence-corrected chi connectivity index (χ3v) is 4.53. The fourth-order valence-electron chi connectivity index (χ4n) is 1.62. The predicted molar refractivity (Wildman–Crippen MR) is 102 cm³/mol. The van der Waals surface area contributed by atoms with Crippen LogP contribution >= 0.6 is 0 Å². The molecule has 0 saturated carbocycles. The quantitative estimate of drug-likeness (QED) is 0.226. The molecule has 9 nitrogen and oxygen atoms in total. The van der Waals surface area contributed by atoms with E-state index < -0.39 is 10.0 Å². The van der Waals surface area contributed by atoms with Crippen molar-refractivity contribution in [3.05, 3.63) is 82.4 Å². The fraction of sp³-hybridized carbons (Fsp3) is 0.238. The number of benzene rings is 1. The van der Waals surface area contributed by atoms with Crippen molar-refractivity contribution in [2.75, 3.05) is 13.1 Å². The van der Waals surface area contributed by atoms with Gasteiger partial charge in [0.05, 0.1) is 4.90 Å². The fourth-order valence-corrected chi connectivity index (χ4v) is 3.03. The normalized spacial score (nSPS) is 6.64. The summed E-state index contributed by atoms with van der Waals surface area (Å²) >= 11 is 0. The van der Waals surface area contributed by atoms with Gasteiger partial charge in [0, 0.05) is 53.1 Å². The number of rotatable bonds is 6. The standard InChI is InChI=1S/C15H19NO2S.6CO.2Co/c1-4-6-7-13-16(12-5-2)19(17,18)15-10-8-14(3)9-11-15;6*1-2;;/h5,8-11H,2,7,12-13H2,1,3H3;;;;;;;;. The maximum absolute atomic E-state index is 12.5. The molecular weight excluding hydrogens is 544 g/mol. The van der Waals surface area contributed by atoms with E-state index in [0.717, 1.165) is 5.56 Å². The monoisotopic (exact) mass is 563 g/mol. The molecular formula is C21H19Co2NO8S. The van der Waals surface area contributed by atoms with E-state index in [9.17, 15) is 8.42 Å². The van der Waals surface area contributed by atoms with Gasteiger partial charge < -0.3 is 0 Å². The topological polar surface area (TPSA) is 157 Å². The smallest absolute Gasteiger partial charge is 0 e. The SMILES string of the molecule is C=CCN(CCC#CC)S(=O)(=O)c1ccc(C)cc1.[C-]#[O+].[C-]#[O+].[C-]#[O+].[C-]#[O+].[C-]#[O+].[C-]#[O+].[Co].[Co]. The van der Waals surface area contributed by atoms with Gasteiger partial charge in [-0.1, -0.05) is 23.8 Å². The number of aryl methyl sites for hydroxylation is 1. The minimum Gasteiger partial charge on any atom is 0 e. The van der Waals surface area contributed by atoms with E-state index in [2.05, 4.69) is 58.3 Å². The maximum Gasteiger partial charge on any atom is 0 e. The molecule has 0 spiro atoms. The summed E-state index contributed by atoms with van der Waals surface area (Å²) < 4.78 is 71.3. The van der Waals surface area contributed by atoms with Gasteiger partial charge in [-0.05, 0) is 26.0 Å². The van der Waals surface area contributed by atoms with E-state index in [0.29, 0.717) is 24.4 Å². The van der Waals surface area contributed by atoms with Crippen LogP contribution in [0.3, 0.4) is 0 Å². The Labute approximate surface area is 216 Å². The molecule has 0 amide bonds. The van der Waals surface area contributed by atoms with Crippen LogP contribution in [0.5, 0.6) is 0 Å². The Morgan fingerprint density at radius 3 is 1.55 bits per heavy atom. The third kappa shape index (κ3) is 29.9. The van der Waals surface area contributed by atoms with Gasteiger partial charge in [0.15, 0.2) is 0 Å². The van der Waals surface area contributed by atoms with Crippen LogP contribution in [0.25, 0.3) is 0 Å². The van der Waals surface area contributed by atoms with Crippen LogP contribution in [0, 0.1) is 58.7 Å². The average Bonchev–Trinajstić information content (AvgIpc) is 2.86. The van der Waals surface area contributed by atoms with Crippen molar-refractivity contribution in [2.45, 2.75) is 25.2 Å². The Kier molecular flexibility index (Phi) is 76.0. The zero-order valence-corrected chi connectivity index (χ0v) is 20.4. The van der Waals surface area contributed by atoms with Crippen LogP contribution in [-0.2, 0) is 71.5 Å². The van der Waals surface area contributed by atoms with Gasteiger partial charge >= 0.3 is 67.8 Å². The molecule has 180 valence electrons. The van der Waals surface area contributed by atoms with Gasteiger partial charge in [0.25, 0.3) is 0 Å². The third-order valence-electron chi connectivity index (χ3n) is 2.65. The van der Waals surface area contributed by atoms with E-state index in [-0.39, 0.29) is 33.6 Å². The first-order valence-electron chi connectivity index (χ1n) is 7.32. The van der Waals surface area contributed by atoms with Crippen molar-refractivity contribution >= 4 is 10.0 Å². The second-order valence-corrected chi connectivity index (χ2v) is 6.08. The maximum atomic E-state index is 12.5. The number of hydrogen-bond donors (Lipinski definition) is 0. The van der Waals surface area contributed by atoms with Gasteiger partial charge in [-0.15, -0.1) is 18.4 Å². The molecule has 1 rings (SSSR count). The predicted octanol–water partition coefficient (Wildman–Crippen LogP) is 2.36. The summed E-state index contributed by atoms with van der Waals surface area (Å²) in [6.07, 6.45) is 2.11. The first kappa shape index (κ1) is 52.7. The Bertz CT molecular complexity index is 797. The molecule has 0 aliphatic heterocycles. The summed E-state index contributed by atoms with van der Waals surface area (Å²) in [5.41, 5.74) is 1.03. The molecule has 2 radical (unpaired) electrons. The molecule has 0 atom stereocenters. The Balaban J connectivity index is -0.0000000646. The molecule has 0 N–H and O–H groups in total. The average molecular weight is 563 g/mol. The van der Waals surface area contributed by atoms with Crippen LogP contribution in [0.4, 0.5) is 0 Å². The Morgan fingerprint density at radius 2 is 1.24 bits per heavy atom. The molecule has 0 fully saturated rings. The summed E-state index contributed by atoms with van der Waals surface area (Å²) in [4.78, 5) is 0.310. The zero-order valence-electron chi connectivity index (χ0n) is 17.5. The van der Waals surface area contributed by atoms with Crippen molar-refractivity contribution in [3.8, 4) is 11.8 Å². The molecule has 12 heteroatoms. The molecule has 1 aromatic carbocycles. The summed E-state index contributed by atoms with van der Waals surface area (Å²) in [7, 11) is -3.47. The summed E-state index contributed by atoms with van der Waals surface area (Å²) in [5, 5.41) is 0. The van der Waals surface area contributed by atoms with Crippen LogP contribution < -0.4 is 0 Å². The second-order valence-electron chi connectivity index (χ2n) is 4.14. The summed E-state index contributed by atoms with van der Waals surface area (Å²) in [6, 6.07) is 6.86. The van der Waals surface area contributed by atoms with Crippen molar-refractivity contribution in [1.82, 2.24) is 4.31 Å². The van der Waals surface area contributed by atoms with Crippen molar-refractivity contribution in [3.63, 3.8) is 0 Å². The zero-order chi connectivity index (χ0) is 26.3. The first-order chi connectivity index (χ1) is 15.0.